The Morgan fingerprint density at radius 3 is 2.75 bits per heavy atom. The van der Waals surface area contributed by atoms with E-state index in [9.17, 15) is 4.39 Å². The monoisotopic (exact) mass is 232 g/mol. The minimum atomic E-state index is -0.255. The van der Waals surface area contributed by atoms with E-state index in [4.69, 9.17) is 5.84 Å². The molecule has 12 heavy (non-hydrogen) atoms. The molecule has 0 aliphatic rings. The van der Waals surface area contributed by atoms with Gasteiger partial charge >= 0.3 is 0 Å². The maximum atomic E-state index is 12.6. The van der Waals surface area contributed by atoms with E-state index in [1.54, 1.807) is 6.07 Å². The van der Waals surface area contributed by atoms with Gasteiger partial charge in [0.05, 0.1) is 0 Å². The Labute approximate surface area is 79.1 Å². The summed E-state index contributed by atoms with van der Waals surface area (Å²) in [5, 5.41) is 0. The molecule has 0 saturated heterocycles. The van der Waals surface area contributed by atoms with Crippen LogP contribution >= 0.6 is 15.9 Å². The van der Waals surface area contributed by atoms with Crippen molar-refractivity contribution in [2.45, 2.75) is 13.0 Å². The van der Waals surface area contributed by atoms with Crippen LogP contribution in [0.25, 0.3) is 0 Å². The minimum Gasteiger partial charge on any atom is -0.271 e. The summed E-state index contributed by atoms with van der Waals surface area (Å²) in [5.41, 5.74) is 3.53. The standard InChI is InChI=1S/C8H10BrFN2/c1-5(12-11)7-3-2-6(10)4-8(7)9/h2-5,12H,11H2,1H3/t5-/m0/s1. The van der Waals surface area contributed by atoms with Crippen LogP contribution in [0, 0.1) is 5.82 Å². The molecule has 0 aliphatic carbocycles. The number of halogens is 2. The molecule has 0 heterocycles. The molecule has 1 aromatic carbocycles. The van der Waals surface area contributed by atoms with Crippen molar-refractivity contribution in [2.75, 3.05) is 0 Å². The van der Waals surface area contributed by atoms with Crippen molar-refractivity contribution in [1.82, 2.24) is 5.43 Å². The maximum Gasteiger partial charge on any atom is 0.124 e. The zero-order valence-corrected chi connectivity index (χ0v) is 8.23. The Balaban J connectivity index is 3.01. The number of nitrogens with one attached hydrogen (secondary N) is 1. The van der Waals surface area contributed by atoms with Crippen molar-refractivity contribution in [1.29, 1.82) is 0 Å². The van der Waals surface area contributed by atoms with Crippen molar-refractivity contribution in [3.63, 3.8) is 0 Å². The average molecular weight is 233 g/mol. The first kappa shape index (κ1) is 9.64. The summed E-state index contributed by atoms with van der Waals surface area (Å²) in [4.78, 5) is 0. The van der Waals surface area contributed by atoms with Crippen LogP contribution in [0.2, 0.25) is 0 Å². The lowest BCUT2D eigenvalue weighted by atomic mass is 10.1. The minimum absolute atomic E-state index is 0.0139. The molecule has 1 aromatic rings. The highest BCUT2D eigenvalue weighted by molar-refractivity contribution is 9.10. The molecule has 0 radical (unpaired) electrons. The highest BCUT2D eigenvalue weighted by Gasteiger charge is 2.07. The fourth-order valence-electron chi connectivity index (χ4n) is 0.942. The topological polar surface area (TPSA) is 38.0 Å². The van der Waals surface area contributed by atoms with E-state index in [-0.39, 0.29) is 11.9 Å². The molecule has 66 valence electrons. The lowest BCUT2D eigenvalue weighted by Crippen LogP contribution is -2.25. The van der Waals surface area contributed by atoms with Gasteiger partial charge in [-0.05, 0) is 24.6 Å². The summed E-state index contributed by atoms with van der Waals surface area (Å²) in [5.74, 6) is 4.99. The smallest absolute Gasteiger partial charge is 0.124 e. The van der Waals surface area contributed by atoms with Gasteiger partial charge in [0.25, 0.3) is 0 Å². The molecule has 2 nitrogen and oxygen atoms in total. The Kier molecular flexibility index (Phi) is 3.20. The number of rotatable bonds is 2. The number of hydrogen-bond acceptors (Lipinski definition) is 2. The molecule has 0 unspecified atom stereocenters. The number of hydrogen-bond donors (Lipinski definition) is 2. The number of nitrogens with two attached hydrogens (primary N) is 1. The lowest BCUT2D eigenvalue weighted by molar-refractivity contribution is 0.592. The van der Waals surface area contributed by atoms with Crippen molar-refractivity contribution in [3.8, 4) is 0 Å². The Bertz CT molecular complexity index is 278. The van der Waals surface area contributed by atoms with Gasteiger partial charge in [-0.15, -0.1) is 0 Å². The van der Waals surface area contributed by atoms with E-state index in [1.165, 1.54) is 12.1 Å². The first-order chi connectivity index (χ1) is 5.65. The van der Waals surface area contributed by atoms with Gasteiger partial charge in [0, 0.05) is 10.5 Å². The molecule has 0 spiro atoms. The summed E-state index contributed by atoms with van der Waals surface area (Å²) in [6.07, 6.45) is 0. The fraction of sp³-hybridized carbons (Fsp3) is 0.250. The highest BCUT2D eigenvalue weighted by Crippen LogP contribution is 2.23. The highest BCUT2D eigenvalue weighted by atomic mass is 79.9. The Morgan fingerprint density at radius 2 is 2.25 bits per heavy atom. The van der Waals surface area contributed by atoms with Crippen molar-refractivity contribution < 1.29 is 4.39 Å². The summed E-state index contributed by atoms with van der Waals surface area (Å²) in [6, 6.07) is 4.54. The Morgan fingerprint density at radius 1 is 1.58 bits per heavy atom. The van der Waals surface area contributed by atoms with Gasteiger partial charge in [-0.25, -0.2) is 4.39 Å². The van der Waals surface area contributed by atoms with Crippen LogP contribution in [0.1, 0.15) is 18.5 Å². The third-order valence-electron chi connectivity index (χ3n) is 1.68. The van der Waals surface area contributed by atoms with E-state index >= 15 is 0 Å². The van der Waals surface area contributed by atoms with E-state index in [2.05, 4.69) is 21.4 Å². The van der Waals surface area contributed by atoms with Crippen LogP contribution in [0.5, 0.6) is 0 Å². The molecule has 1 rings (SSSR count). The summed E-state index contributed by atoms with van der Waals surface area (Å²) < 4.78 is 13.4. The molecule has 0 aliphatic heterocycles. The third kappa shape index (κ3) is 2.03. The van der Waals surface area contributed by atoms with Gasteiger partial charge in [-0.2, -0.15) is 0 Å². The normalized spacial score (nSPS) is 13.0. The molecular weight excluding hydrogens is 223 g/mol. The number of benzene rings is 1. The average Bonchev–Trinajstić information content (AvgIpc) is 2.03. The van der Waals surface area contributed by atoms with E-state index in [1.807, 2.05) is 6.92 Å². The van der Waals surface area contributed by atoms with Crippen molar-refractivity contribution >= 4 is 15.9 Å². The van der Waals surface area contributed by atoms with Crippen LogP contribution in [0.15, 0.2) is 22.7 Å². The molecular formula is C8H10BrFN2. The van der Waals surface area contributed by atoms with E-state index in [0.29, 0.717) is 0 Å². The second kappa shape index (κ2) is 3.98. The zero-order chi connectivity index (χ0) is 9.14. The van der Waals surface area contributed by atoms with Gasteiger partial charge < -0.3 is 0 Å². The quantitative estimate of drug-likeness (QED) is 0.606. The SMILES string of the molecule is C[C@H](NN)c1ccc(F)cc1Br. The molecule has 0 amide bonds. The van der Waals surface area contributed by atoms with Crippen LogP contribution < -0.4 is 11.3 Å². The molecule has 0 saturated carbocycles. The van der Waals surface area contributed by atoms with E-state index in [0.717, 1.165) is 10.0 Å². The predicted molar refractivity (Wildman–Crippen MR) is 49.8 cm³/mol. The van der Waals surface area contributed by atoms with Crippen LogP contribution in [-0.4, -0.2) is 0 Å². The first-order valence-corrected chi connectivity index (χ1v) is 4.35. The number of hydrazine groups is 1. The van der Waals surface area contributed by atoms with Gasteiger partial charge in [-0.3, -0.25) is 11.3 Å². The second-order valence-electron chi connectivity index (χ2n) is 2.55. The Hall–Kier alpha value is -0.450. The summed E-state index contributed by atoms with van der Waals surface area (Å²) >= 11 is 3.25. The van der Waals surface area contributed by atoms with Gasteiger partial charge in [-0.1, -0.05) is 22.0 Å². The largest absolute Gasteiger partial charge is 0.271 e. The summed E-state index contributed by atoms with van der Waals surface area (Å²) in [6.45, 7) is 1.90. The molecule has 3 N–H and O–H groups in total. The predicted octanol–water partition coefficient (Wildman–Crippen LogP) is 2.11. The van der Waals surface area contributed by atoms with Crippen LogP contribution in [0.4, 0.5) is 4.39 Å². The van der Waals surface area contributed by atoms with Crippen molar-refractivity contribution in [2.24, 2.45) is 5.84 Å². The van der Waals surface area contributed by atoms with Crippen LogP contribution in [-0.2, 0) is 0 Å². The molecule has 0 fully saturated rings. The third-order valence-corrected chi connectivity index (χ3v) is 2.37. The van der Waals surface area contributed by atoms with Gasteiger partial charge in [0.1, 0.15) is 5.82 Å². The molecule has 0 bridgehead atoms. The van der Waals surface area contributed by atoms with Gasteiger partial charge in [0.2, 0.25) is 0 Å². The molecule has 4 heteroatoms. The lowest BCUT2D eigenvalue weighted by Gasteiger charge is -2.11. The van der Waals surface area contributed by atoms with E-state index < -0.39 is 0 Å². The molecule has 1 atom stereocenters. The van der Waals surface area contributed by atoms with Gasteiger partial charge in [0.15, 0.2) is 0 Å². The zero-order valence-electron chi connectivity index (χ0n) is 6.64. The molecule has 0 aromatic heterocycles. The first-order valence-electron chi connectivity index (χ1n) is 3.56. The van der Waals surface area contributed by atoms with Crippen molar-refractivity contribution in [3.05, 3.63) is 34.1 Å². The van der Waals surface area contributed by atoms with Crippen LogP contribution in [0.3, 0.4) is 0 Å². The second-order valence-corrected chi connectivity index (χ2v) is 3.41. The summed E-state index contributed by atoms with van der Waals surface area (Å²) in [7, 11) is 0. The fourth-order valence-corrected chi connectivity index (χ4v) is 1.64. The maximum absolute atomic E-state index is 12.6.